The van der Waals surface area contributed by atoms with Gasteiger partial charge in [0.15, 0.2) is 5.78 Å². The van der Waals surface area contributed by atoms with Gasteiger partial charge in [0.25, 0.3) is 0 Å². The molecular weight excluding hydrogens is 416 g/mol. The molecular formula is C27H28N2O4. The highest BCUT2D eigenvalue weighted by molar-refractivity contribution is 6.03. The summed E-state index contributed by atoms with van der Waals surface area (Å²) in [6, 6.07) is 23.5. The average Bonchev–Trinajstić information content (AvgIpc) is 3.25. The van der Waals surface area contributed by atoms with Crippen LogP contribution in [0.15, 0.2) is 78.9 Å². The van der Waals surface area contributed by atoms with Crippen LogP contribution < -0.4 is 15.4 Å². The second-order valence-electron chi connectivity index (χ2n) is 8.11. The summed E-state index contributed by atoms with van der Waals surface area (Å²) < 4.78 is 11.5. The minimum atomic E-state index is -0.692. The lowest BCUT2D eigenvalue weighted by Crippen LogP contribution is -2.49. The highest BCUT2D eigenvalue weighted by Gasteiger charge is 2.40. The second kappa shape index (κ2) is 10.3. The van der Waals surface area contributed by atoms with E-state index in [4.69, 9.17) is 15.2 Å². The van der Waals surface area contributed by atoms with Crippen molar-refractivity contribution in [2.45, 2.75) is 45.1 Å². The number of fused-ring (bicyclic) bond motifs is 1. The lowest BCUT2D eigenvalue weighted by Gasteiger charge is -2.25. The van der Waals surface area contributed by atoms with Crippen molar-refractivity contribution in [1.82, 2.24) is 0 Å². The van der Waals surface area contributed by atoms with Gasteiger partial charge in [-0.1, -0.05) is 67.6 Å². The first-order valence-corrected chi connectivity index (χ1v) is 11.2. The maximum absolute atomic E-state index is 13.1. The number of carbonyl (C=O) groups is 2. The molecule has 0 saturated carbocycles. The van der Waals surface area contributed by atoms with Crippen molar-refractivity contribution in [3.05, 3.63) is 95.6 Å². The molecule has 2 atom stereocenters. The quantitative estimate of drug-likeness (QED) is 0.547. The summed E-state index contributed by atoms with van der Waals surface area (Å²) >= 11 is 0. The van der Waals surface area contributed by atoms with E-state index < -0.39 is 18.2 Å². The summed E-state index contributed by atoms with van der Waals surface area (Å²) in [4.78, 5) is 27.5. The molecule has 33 heavy (non-hydrogen) atoms. The summed E-state index contributed by atoms with van der Waals surface area (Å²) in [7, 11) is 0. The van der Waals surface area contributed by atoms with Gasteiger partial charge in [-0.25, -0.2) is 4.79 Å². The van der Waals surface area contributed by atoms with Crippen LogP contribution in [0, 0.1) is 0 Å². The molecule has 0 radical (unpaired) electrons. The lowest BCUT2D eigenvalue weighted by atomic mass is 10.00. The number of benzene rings is 3. The van der Waals surface area contributed by atoms with Gasteiger partial charge < -0.3 is 15.2 Å². The number of nitrogens with two attached hydrogens (primary N) is 1. The van der Waals surface area contributed by atoms with Gasteiger partial charge in [-0.3, -0.25) is 9.69 Å². The molecule has 6 heteroatoms. The van der Waals surface area contributed by atoms with E-state index in [0.29, 0.717) is 30.9 Å². The standard InChI is InChI=1S/C27H28N2O4/c1-2-23(28)26(30)25-16-21-15-22(32-17-19-9-5-3-6-10-19)13-14-24(21)29(25)27(31)33-18-20-11-7-4-8-12-20/h3-15,23,25H,2,16-18,28H2,1H3/t23?,25-/m0/s1. The molecule has 1 aliphatic rings. The molecule has 1 heterocycles. The Bertz CT molecular complexity index is 1100. The van der Waals surface area contributed by atoms with Crippen molar-refractivity contribution in [1.29, 1.82) is 0 Å². The van der Waals surface area contributed by atoms with Crippen molar-refractivity contribution >= 4 is 17.6 Å². The van der Waals surface area contributed by atoms with Crippen LogP contribution in [0.25, 0.3) is 0 Å². The Hall–Kier alpha value is -3.64. The Labute approximate surface area is 193 Å². The number of Topliss-reactive ketones (excluding diaryl/α,β-unsaturated/α-hetero) is 1. The fourth-order valence-corrected chi connectivity index (χ4v) is 3.95. The van der Waals surface area contributed by atoms with Crippen molar-refractivity contribution in [3.63, 3.8) is 0 Å². The molecule has 1 amide bonds. The fraction of sp³-hybridized carbons (Fsp3) is 0.259. The molecule has 0 bridgehead atoms. The summed E-state index contributed by atoms with van der Waals surface area (Å²) in [5.41, 5.74) is 9.50. The second-order valence-corrected chi connectivity index (χ2v) is 8.11. The first-order chi connectivity index (χ1) is 16.1. The van der Waals surface area contributed by atoms with E-state index in [1.165, 1.54) is 4.90 Å². The topological polar surface area (TPSA) is 81.9 Å². The van der Waals surface area contributed by atoms with Gasteiger partial charge in [-0.2, -0.15) is 0 Å². The first kappa shape index (κ1) is 22.6. The van der Waals surface area contributed by atoms with E-state index in [0.717, 1.165) is 16.7 Å². The number of rotatable bonds is 8. The number of hydrogen-bond acceptors (Lipinski definition) is 5. The van der Waals surface area contributed by atoms with E-state index in [9.17, 15) is 9.59 Å². The van der Waals surface area contributed by atoms with E-state index in [-0.39, 0.29) is 12.4 Å². The Morgan fingerprint density at radius 2 is 1.61 bits per heavy atom. The maximum atomic E-state index is 13.1. The monoisotopic (exact) mass is 444 g/mol. The summed E-state index contributed by atoms with van der Waals surface area (Å²) in [6.07, 6.45) is 0.326. The number of nitrogens with zero attached hydrogens (tertiary/aromatic N) is 1. The van der Waals surface area contributed by atoms with Crippen LogP contribution in [0.4, 0.5) is 10.5 Å². The molecule has 0 fully saturated rings. The van der Waals surface area contributed by atoms with Crippen LogP contribution in [0.2, 0.25) is 0 Å². The third-order valence-electron chi connectivity index (χ3n) is 5.82. The third-order valence-corrected chi connectivity index (χ3v) is 5.82. The minimum absolute atomic E-state index is 0.129. The van der Waals surface area contributed by atoms with Gasteiger partial charge in [0.1, 0.15) is 25.0 Å². The number of carbonyl (C=O) groups excluding carboxylic acids is 2. The van der Waals surface area contributed by atoms with E-state index in [1.807, 2.05) is 85.8 Å². The molecule has 170 valence electrons. The van der Waals surface area contributed by atoms with Crippen molar-refractivity contribution in [2.75, 3.05) is 4.90 Å². The number of hydrogen-bond donors (Lipinski definition) is 1. The van der Waals surface area contributed by atoms with Crippen molar-refractivity contribution < 1.29 is 19.1 Å². The largest absolute Gasteiger partial charge is 0.489 e. The third kappa shape index (κ3) is 5.23. The Morgan fingerprint density at radius 3 is 2.24 bits per heavy atom. The molecule has 0 aromatic heterocycles. The zero-order valence-corrected chi connectivity index (χ0v) is 18.6. The number of anilines is 1. The van der Waals surface area contributed by atoms with Crippen molar-refractivity contribution in [3.8, 4) is 5.75 Å². The summed E-state index contributed by atoms with van der Waals surface area (Å²) in [5.74, 6) is 0.514. The van der Waals surface area contributed by atoms with Crippen LogP contribution in [-0.2, 0) is 29.2 Å². The Balaban J connectivity index is 1.54. The molecule has 1 aliphatic heterocycles. The van der Waals surface area contributed by atoms with Gasteiger partial charge in [0.05, 0.1) is 11.7 Å². The van der Waals surface area contributed by atoms with Crippen LogP contribution >= 0.6 is 0 Å². The predicted molar refractivity (Wildman–Crippen MR) is 127 cm³/mol. The van der Waals surface area contributed by atoms with Gasteiger partial charge >= 0.3 is 6.09 Å². The van der Waals surface area contributed by atoms with E-state index in [2.05, 4.69) is 0 Å². The molecule has 2 N–H and O–H groups in total. The molecule has 4 rings (SSSR count). The molecule has 0 spiro atoms. The fourth-order valence-electron chi connectivity index (χ4n) is 3.95. The van der Waals surface area contributed by atoms with Gasteiger partial charge in [0, 0.05) is 6.42 Å². The van der Waals surface area contributed by atoms with Crippen LogP contribution in [-0.4, -0.2) is 24.0 Å². The predicted octanol–water partition coefficient (Wildman–Crippen LogP) is 4.64. The molecule has 3 aromatic rings. The van der Waals surface area contributed by atoms with Gasteiger partial charge in [0.2, 0.25) is 0 Å². The number of ketones is 1. The van der Waals surface area contributed by atoms with Crippen molar-refractivity contribution in [2.24, 2.45) is 5.73 Å². The lowest BCUT2D eigenvalue weighted by molar-refractivity contribution is -0.121. The smallest absolute Gasteiger partial charge is 0.415 e. The average molecular weight is 445 g/mol. The van der Waals surface area contributed by atoms with E-state index in [1.54, 1.807) is 0 Å². The van der Waals surface area contributed by atoms with Crippen LogP contribution in [0.3, 0.4) is 0 Å². The number of ether oxygens (including phenoxy) is 2. The summed E-state index contributed by atoms with van der Waals surface area (Å²) in [5, 5.41) is 0. The first-order valence-electron chi connectivity index (χ1n) is 11.2. The molecule has 6 nitrogen and oxygen atoms in total. The van der Waals surface area contributed by atoms with Crippen LogP contribution in [0.1, 0.15) is 30.0 Å². The normalized spacial score (nSPS) is 15.6. The van der Waals surface area contributed by atoms with E-state index >= 15 is 0 Å². The highest BCUT2D eigenvalue weighted by atomic mass is 16.6. The molecule has 1 unspecified atom stereocenters. The molecule has 0 saturated heterocycles. The Morgan fingerprint density at radius 1 is 0.970 bits per heavy atom. The minimum Gasteiger partial charge on any atom is -0.489 e. The van der Waals surface area contributed by atoms with Crippen LogP contribution in [0.5, 0.6) is 5.75 Å². The van der Waals surface area contributed by atoms with Gasteiger partial charge in [-0.05, 0) is 41.3 Å². The summed E-state index contributed by atoms with van der Waals surface area (Å²) in [6.45, 7) is 2.42. The molecule has 0 aliphatic carbocycles. The maximum Gasteiger partial charge on any atom is 0.415 e. The zero-order valence-electron chi connectivity index (χ0n) is 18.6. The molecule has 3 aromatic carbocycles. The number of amides is 1. The highest BCUT2D eigenvalue weighted by Crippen LogP contribution is 2.36. The SMILES string of the molecule is CCC(N)C(=O)[C@@H]1Cc2cc(OCc3ccccc3)ccc2N1C(=O)OCc1ccccc1. The zero-order chi connectivity index (χ0) is 23.2. The van der Waals surface area contributed by atoms with Gasteiger partial charge in [-0.15, -0.1) is 0 Å². The Kier molecular flexibility index (Phi) is 7.05.